The third-order valence-electron chi connectivity index (χ3n) is 7.08. The van der Waals surface area contributed by atoms with Gasteiger partial charge in [-0.1, -0.05) is 29.6 Å². The molecular formula is C28H29Cl2N3O5. The molecular weight excluding hydrogens is 529 g/mol. The SMILES string of the molecule is CCOC(=O)c1c(C(=O)NC2CC3CCC2C3)nn(-c2ccc(Cl)cc2Cl)c1Oc1ccc(OCC)cc1. The molecule has 2 aliphatic carbocycles. The minimum Gasteiger partial charge on any atom is -0.494 e. The smallest absolute Gasteiger partial charge is 0.346 e. The highest BCUT2D eigenvalue weighted by Crippen LogP contribution is 2.44. The fraction of sp³-hybridized carbons (Fsp3) is 0.393. The van der Waals surface area contributed by atoms with E-state index in [4.69, 9.17) is 37.4 Å². The summed E-state index contributed by atoms with van der Waals surface area (Å²) in [5.74, 6) is 1.00. The van der Waals surface area contributed by atoms with Crippen LogP contribution >= 0.6 is 23.2 Å². The van der Waals surface area contributed by atoms with Crippen LogP contribution in [0.2, 0.25) is 10.0 Å². The Morgan fingerprint density at radius 2 is 1.79 bits per heavy atom. The van der Waals surface area contributed by atoms with Crippen LogP contribution in [0.3, 0.4) is 0 Å². The number of benzene rings is 2. The maximum atomic E-state index is 13.6. The van der Waals surface area contributed by atoms with Gasteiger partial charge in [0.15, 0.2) is 11.3 Å². The Hall–Kier alpha value is -3.23. The van der Waals surface area contributed by atoms with E-state index in [-0.39, 0.29) is 34.8 Å². The number of hydrogen-bond acceptors (Lipinski definition) is 6. The van der Waals surface area contributed by atoms with Gasteiger partial charge in [0.25, 0.3) is 5.91 Å². The Labute approximate surface area is 231 Å². The molecule has 10 heteroatoms. The van der Waals surface area contributed by atoms with Crippen LogP contribution in [-0.2, 0) is 4.74 Å². The molecule has 0 radical (unpaired) electrons. The van der Waals surface area contributed by atoms with Gasteiger partial charge < -0.3 is 19.5 Å². The fourth-order valence-corrected chi connectivity index (χ4v) is 5.89. The summed E-state index contributed by atoms with van der Waals surface area (Å²) in [5, 5.41) is 8.37. The summed E-state index contributed by atoms with van der Waals surface area (Å²) >= 11 is 12.6. The lowest BCUT2D eigenvalue weighted by molar-refractivity contribution is 0.0519. The van der Waals surface area contributed by atoms with Gasteiger partial charge in [0, 0.05) is 11.1 Å². The van der Waals surface area contributed by atoms with E-state index in [0.717, 1.165) is 19.3 Å². The number of carbonyl (C=O) groups is 2. The van der Waals surface area contributed by atoms with E-state index in [1.54, 1.807) is 49.4 Å². The largest absolute Gasteiger partial charge is 0.494 e. The maximum Gasteiger partial charge on any atom is 0.346 e. The highest BCUT2D eigenvalue weighted by Gasteiger charge is 2.41. The van der Waals surface area contributed by atoms with Crippen LogP contribution in [0.4, 0.5) is 0 Å². The molecule has 1 N–H and O–H groups in total. The lowest BCUT2D eigenvalue weighted by atomic mass is 9.95. The first-order valence-electron chi connectivity index (χ1n) is 12.8. The lowest BCUT2D eigenvalue weighted by Crippen LogP contribution is -2.39. The van der Waals surface area contributed by atoms with Crippen molar-refractivity contribution in [1.82, 2.24) is 15.1 Å². The molecule has 200 valence electrons. The summed E-state index contributed by atoms with van der Waals surface area (Å²) in [6, 6.07) is 11.8. The summed E-state index contributed by atoms with van der Waals surface area (Å²) < 4.78 is 18.4. The Balaban J connectivity index is 1.59. The Morgan fingerprint density at radius 3 is 2.42 bits per heavy atom. The summed E-state index contributed by atoms with van der Waals surface area (Å²) in [5.41, 5.74) is 0.229. The number of ether oxygens (including phenoxy) is 3. The molecule has 2 aliphatic rings. The molecule has 5 rings (SSSR count). The van der Waals surface area contributed by atoms with Gasteiger partial charge in [-0.05, 0) is 87.4 Å². The monoisotopic (exact) mass is 557 g/mol. The molecule has 0 spiro atoms. The van der Waals surface area contributed by atoms with E-state index in [2.05, 4.69) is 10.4 Å². The molecule has 3 aromatic rings. The summed E-state index contributed by atoms with van der Waals surface area (Å²) in [6.07, 6.45) is 4.36. The highest BCUT2D eigenvalue weighted by atomic mass is 35.5. The zero-order valence-electron chi connectivity index (χ0n) is 21.2. The van der Waals surface area contributed by atoms with E-state index in [0.29, 0.717) is 40.7 Å². The molecule has 8 nitrogen and oxygen atoms in total. The molecule has 1 aromatic heterocycles. The number of fused-ring (bicyclic) bond motifs is 2. The maximum absolute atomic E-state index is 13.6. The van der Waals surface area contributed by atoms with Crippen LogP contribution in [0.15, 0.2) is 42.5 Å². The lowest BCUT2D eigenvalue weighted by Gasteiger charge is -2.22. The van der Waals surface area contributed by atoms with Gasteiger partial charge in [0.1, 0.15) is 11.5 Å². The topological polar surface area (TPSA) is 91.7 Å². The number of esters is 1. The number of hydrogen-bond donors (Lipinski definition) is 1. The van der Waals surface area contributed by atoms with Gasteiger partial charge in [-0.15, -0.1) is 0 Å². The zero-order valence-corrected chi connectivity index (χ0v) is 22.7. The van der Waals surface area contributed by atoms with Crippen LogP contribution < -0.4 is 14.8 Å². The number of aromatic nitrogens is 2. The average molecular weight is 558 g/mol. The summed E-state index contributed by atoms with van der Waals surface area (Å²) in [6.45, 7) is 4.23. The van der Waals surface area contributed by atoms with Crippen molar-refractivity contribution in [2.75, 3.05) is 13.2 Å². The number of amides is 1. The van der Waals surface area contributed by atoms with Gasteiger partial charge >= 0.3 is 5.97 Å². The molecule has 0 saturated heterocycles. The van der Waals surface area contributed by atoms with Gasteiger partial charge in [-0.3, -0.25) is 4.79 Å². The Morgan fingerprint density at radius 1 is 1.03 bits per heavy atom. The standard InChI is InChI=1S/C28H29Cl2N3O5/c1-3-36-19-8-10-20(11-9-19)38-27-24(28(35)37-4-2)25(26(34)31-22-14-16-5-6-17(22)13-16)32-33(27)23-12-7-18(29)15-21(23)30/h7-12,15-17,22H,3-6,13-14H2,1-2H3,(H,31,34). The van der Waals surface area contributed by atoms with Gasteiger partial charge in [-0.2, -0.15) is 9.78 Å². The molecule has 2 saturated carbocycles. The molecule has 38 heavy (non-hydrogen) atoms. The van der Waals surface area contributed by atoms with E-state index >= 15 is 0 Å². The van der Waals surface area contributed by atoms with Crippen LogP contribution in [0, 0.1) is 11.8 Å². The minimum absolute atomic E-state index is 0.00919. The van der Waals surface area contributed by atoms with Crippen molar-refractivity contribution in [3.05, 3.63) is 63.8 Å². The second-order valence-corrected chi connectivity index (χ2v) is 10.4. The predicted octanol–water partition coefficient (Wildman–Crippen LogP) is 6.47. The molecule has 3 unspecified atom stereocenters. The fourth-order valence-electron chi connectivity index (χ4n) is 5.40. The van der Waals surface area contributed by atoms with Crippen LogP contribution in [0.5, 0.6) is 17.4 Å². The number of rotatable bonds is 9. The summed E-state index contributed by atoms with van der Waals surface area (Å²) in [7, 11) is 0. The van der Waals surface area contributed by atoms with Gasteiger partial charge in [0.05, 0.1) is 23.9 Å². The van der Waals surface area contributed by atoms with E-state index < -0.39 is 11.9 Å². The quantitative estimate of drug-likeness (QED) is 0.303. The van der Waals surface area contributed by atoms with E-state index in [9.17, 15) is 9.59 Å². The zero-order chi connectivity index (χ0) is 26.8. The van der Waals surface area contributed by atoms with Crippen LogP contribution in [0.1, 0.15) is 60.4 Å². The van der Waals surface area contributed by atoms with Crippen molar-refractivity contribution in [2.24, 2.45) is 11.8 Å². The molecule has 1 amide bonds. The van der Waals surface area contributed by atoms with Crippen molar-refractivity contribution in [1.29, 1.82) is 0 Å². The van der Waals surface area contributed by atoms with E-state index in [1.165, 1.54) is 11.1 Å². The second-order valence-electron chi connectivity index (χ2n) is 9.52. The molecule has 0 aliphatic heterocycles. The number of halogens is 2. The van der Waals surface area contributed by atoms with Crippen molar-refractivity contribution >= 4 is 35.1 Å². The molecule has 2 bridgehead atoms. The van der Waals surface area contributed by atoms with Crippen molar-refractivity contribution in [2.45, 2.75) is 45.6 Å². The van der Waals surface area contributed by atoms with Crippen molar-refractivity contribution in [3.8, 4) is 23.1 Å². The first-order valence-corrected chi connectivity index (χ1v) is 13.6. The van der Waals surface area contributed by atoms with Crippen molar-refractivity contribution in [3.63, 3.8) is 0 Å². The number of nitrogens with one attached hydrogen (secondary N) is 1. The first kappa shape index (κ1) is 26.4. The third-order valence-corrected chi connectivity index (χ3v) is 7.62. The molecule has 3 atom stereocenters. The predicted molar refractivity (Wildman–Crippen MR) is 144 cm³/mol. The highest BCUT2D eigenvalue weighted by molar-refractivity contribution is 6.35. The molecule has 2 fully saturated rings. The van der Waals surface area contributed by atoms with Gasteiger partial charge in [-0.25, -0.2) is 4.79 Å². The second kappa shape index (κ2) is 11.3. The molecule has 1 heterocycles. The molecule has 2 aromatic carbocycles. The Bertz CT molecular complexity index is 1340. The van der Waals surface area contributed by atoms with E-state index in [1.807, 2.05) is 6.92 Å². The number of carbonyl (C=O) groups excluding carboxylic acids is 2. The number of nitrogens with zero attached hydrogens (tertiary/aromatic N) is 2. The van der Waals surface area contributed by atoms with Crippen molar-refractivity contribution < 1.29 is 23.8 Å². The first-order chi connectivity index (χ1) is 18.4. The average Bonchev–Trinajstić information content (AvgIpc) is 3.60. The third kappa shape index (κ3) is 5.33. The summed E-state index contributed by atoms with van der Waals surface area (Å²) in [4.78, 5) is 26.8. The normalized spacial score (nSPS) is 19.8. The minimum atomic E-state index is -0.720. The van der Waals surface area contributed by atoms with Crippen LogP contribution in [0.25, 0.3) is 5.69 Å². The van der Waals surface area contributed by atoms with Crippen LogP contribution in [-0.4, -0.2) is 40.9 Å². The van der Waals surface area contributed by atoms with Gasteiger partial charge in [0.2, 0.25) is 5.88 Å². The Kier molecular flexibility index (Phi) is 7.81.